The highest BCUT2D eigenvalue weighted by Crippen LogP contribution is 2.10. The Hall–Kier alpha value is -2.18. The van der Waals surface area contributed by atoms with E-state index >= 15 is 0 Å². The van der Waals surface area contributed by atoms with E-state index in [0.717, 1.165) is 0 Å². The number of rotatable bonds is 6. The van der Waals surface area contributed by atoms with Crippen LogP contribution in [0.15, 0.2) is 12.1 Å². The molecule has 0 saturated carbocycles. The molecule has 0 aliphatic rings. The van der Waals surface area contributed by atoms with Gasteiger partial charge >= 0.3 is 5.97 Å². The minimum absolute atomic E-state index is 0.0950. The first-order valence-corrected chi connectivity index (χ1v) is 6.07. The predicted molar refractivity (Wildman–Crippen MR) is 69.9 cm³/mol. The maximum atomic E-state index is 11.5. The van der Waals surface area contributed by atoms with Crippen molar-refractivity contribution in [1.29, 1.82) is 0 Å². The van der Waals surface area contributed by atoms with Gasteiger partial charge < -0.3 is 15.7 Å². The summed E-state index contributed by atoms with van der Waals surface area (Å²) in [6.45, 7) is 5.90. The predicted octanol–water partition coefficient (Wildman–Crippen LogP) is 0.747. The maximum Gasteiger partial charge on any atom is 0.326 e. The summed E-state index contributed by atoms with van der Waals surface area (Å²) in [4.78, 5) is 22.5. The van der Waals surface area contributed by atoms with Crippen molar-refractivity contribution < 1.29 is 14.7 Å². The van der Waals surface area contributed by atoms with E-state index in [1.54, 1.807) is 20.8 Å². The number of carbonyl (C=O) groups excluding carboxylic acids is 1. The highest BCUT2D eigenvalue weighted by molar-refractivity contribution is 5.92. The van der Waals surface area contributed by atoms with Crippen LogP contribution < -0.4 is 10.6 Å². The number of aliphatic carboxylic acids is 1. The molecule has 1 rings (SSSR count). The molecule has 1 unspecified atom stereocenters. The second-order valence-corrected chi connectivity index (χ2v) is 4.37. The van der Waals surface area contributed by atoms with Crippen LogP contribution in [0.4, 0.5) is 5.82 Å². The number of aromatic nitrogens is 2. The molecule has 0 radical (unpaired) electrons. The van der Waals surface area contributed by atoms with Crippen molar-refractivity contribution >= 4 is 17.7 Å². The molecule has 19 heavy (non-hydrogen) atoms. The number of hydrogen-bond acceptors (Lipinski definition) is 5. The zero-order valence-electron chi connectivity index (χ0n) is 11.2. The Morgan fingerprint density at radius 3 is 2.42 bits per heavy atom. The largest absolute Gasteiger partial charge is 0.480 e. The van der Waals surface area contributed by atoms with Gasteiger partial charge in [0.1, 0.15) is 11.9 Å². The minimum atomic E-state index is -0.954. The summed E-state index contributed by atoms with van der Waals surface area (Å²) in [7, 11) is 0. The Morgan fingerprint density at radius 2 is 2.00 bits per heavy atom. The van der Waals surface area contributed by atoms with E-state index in [9.17, 15) is 9.59 Å². The van der Waals surface area contributed by atoms with E-state index in [2.05, 4.69) is 20.8 Å². The van der Waals surface area contributed by atoms with Crippen LogP contribution in [0.1, 0.15) is 31.3 Å². The number of amides is 1. The van der Waals surface area contributed by atoms with Gasteiger partial charge in [0.2, 0.25) is 0 Å². The summed E-state index contributed by atoms with van der Waals surface area (Å²) in [5.41, 5.74) is 0.198. The van der Waals surface area contributed by atoms with Gasteiger partial charge in [0.25, 0.3) is 5.91 Å². The van der Waals surface area contributed by atoms with E-state index in [-0.39, 0.29) is 17.5 Å². The highest BCUT2D eigenvalue weighted by Gasteiger charge is 2.21. The van der Waals surface area contributed by atoms with Crippen LogP contribution >= 0.6 is 0 Å². The molecule has 104 valence electrons. The fourth-order valence-electron chi connectivity index (χ4n) is 1.45. The zero-order valence-corrected chi connectivity index (χ0v) is 11.2. The Balaban J connectivity index is 2.76. The standard InChI is InChI=1S/C12H18N4O3/c1-4-13-11(17)8-5-6-9(16-15-8)14-10(7(2)3)12(18)19/h5-7,10H,4H2,1-3H3,(H,13,17)(H,14,16)(H,18,19). The topological polar surface area (TPSA) is 104 Å². The molecule has 0 aliphatic carbocycles. The van der Waals surface area contributed by atoms with E-state index in [0.29, 0.717) is 12.4 Å². The summed E-state index contributed by atoms with van der Waals surface area (Å²) in [6.07, 6.45) is 0. The van der Waals surface area contributed by atoms with Crippen molar-refractivity contribution in [3.8, 4) is 0 Å². The molecule has 0 aromatic carbocycles. The number of carboxylic acids is 1. The second-order valence-electron chi connectivity index (χ2n) is 4.37. The fourth-order valence-corrected chi connectivity index (χ4v) is 1.45. The van der Waals surface area contributed by atoms with Crippen LogP contribution in [0, 0.1) is 5.92 Å². The molecule has 0 fully saturated rings. The zero-order chi connectivity index (χ0) is 14.4. The van der Waals surface area contributed by atoms with Crippen molar-refractivity contribution in [1.82, 2.24) is 15.5 Å². The van der Waals surface area contributed by atoms with Crippen molar-refractivity contribution in [2.24, 2.45) is 5.92 Å². The number of anilines is 1. The molecule has 1 amide bonds. The smallest absolute Gasteiger partial charge is 0.326 e. The lowest BCUT2D eigenvalue weighted by molar-refractivity contribution is -0.138. The van der Waals surface area contributed by atoms with Crippen LogP contribution in [0.2, 0.25) is 0 Å². The maximum absolute atomic E-state index is 11.5. The summed E-state index contributed by atoms with van der Waals surface area (Å²) < 4.78 is 0. The third kappa shape index (κ3) is 4.20. The van der Waals surface area contributed by atoms with Crippen molar-refractivity contribution in [3.05, 3.63) is 17.8 Å². The summed E-state index contributed by atoms with van der Waals surface area (Å²) >= 11 is 0. The monoisotopic (exact) mass is 266 g/mol. The normalized spacial score (nSPS) is 12.0. The van der Waals surface area contributed by atoms with Crippen molar-refractivity contribution in [2.75, 3.05) is 11.9 Å². The van der Waals surface area contributed by atoms with Gasteiger partial charge in [-0.25, -0.2) is 4.79 Å². The molecule has 1 atom stereocenters. The van der Waals surface area contributed by atoms with E-state index in [1.165, 1.54) is 12.1 Å². The first-order valence-electron chi connectivity index (χ1n) is 6.07. The Kier molecular flexibility index (Phi) is 5.23. The molecular formula is C12H18N4O3. The van der Waals surface area contributed by atoms with E-state index in [1.807, 2.05) is 0 Å². The van der Waals surface area contributed by atoms with E-state index < -0.39 is 12.0 Å². The number of carboxylic acid groups (broad SMARTS) is 1. The highest BCUT2D eigenvalue weighted by atomic mass is 16.4. The SMILES string of the molecule is CCNC(=O)c1ccc(NC(C(=O)O)C(C)C)nn1. The van der Waals surface area contributed by atoms with Crippen LogP contribution in [0.3, 0.4) is 0 Å². The van der Waals surface area contributed by atoms with Crippen LogP contribution in [-0.2, 0) is 4.79 Å². The Labute approximate surface area is 111 Å². The van der Waals surface area contributed by atoms with Crippen LogP contribution in [0.5, 0.6) is 0 Å². The van der Waals surface area contributed by atoms with Gasteiger partial charge in [-0.05, 0) is 25.0 Å². The quantitative estimate of drug-likeness (QED) is 0.701. The number of nitrogens with one attached hydrogen (secondary N) is 2. The molecule has 0 bridgehead atoms. The molecule has 7 nitrogen and oxygen atoms in total. The molecule has 7 heteroatoms. The van der Waals surface area contributed by atoms with Gasteiger partial charge in [0.15, 0.2) is 5.69 Å². The minimum Gasteiger partial charge on any atom is -0.480 e. The van der Waals surface area contributed by atoms with Gasteiger partial charge in [-0.15, -0.1) is 10.2 Å². The van der Waals surface area contributed by atoms with Crippen LogP contribution in [-0.4, -0.2) is 39.8 Å². The van der Waals surface area contributed by atoms with Gasteiger partial charge in [-0.3, -0.25) is 4.79 Å². The van der Waals surface area contributed by atoms with Gasteiger partial charge in [-0.1, -0.05) is 13.8 Å². The Bertz CT molecular complexity index is 445. The lowest BCUT2D eigenvalue weighted by atomic mass is 10.1. The lowest BCUT2D eigenvalue weighted by Gasteiger charge is -2.17. The van der Waals surface area contributed by atoms with E-state index in [4.69, 9.17) is 5.11 Å². The number of nitrogens with zero attached hydrogens (tertiary/aromatic N) is 2. The third-order valence-corrected chi connectivity index (χ3v) is 2.47. The summed E-state index contributed by atoms with van der Waals surface area (Å²) in [6, 6.07) is 2.29. The van der Waals surface area contributed by atoms with Gasteiger partial charge in [0.05, 0.1) is 0 Å². The average Bonchev–Trinajstić information content (AvgIpc) is 2.36. The molecule has 0 spiro atoms. The Morgan fingerprint density at radius 1 is 1.32 bits per heavy atom. The lowest BCUT2D eigenvalue weighted by Crippen LogP contribution is -2.34. The molecule has 0 aliphatic heterocycles. The molecule has 3 N–H and O–H groups in total. The fraction of sp³-hybridized carbons (Fsp3) is 0.500. The van der Waals surface area contributed by atoms with Crippen molar-refractivity contribution in [2.45, 2.75) is 26.8 Å². The molecule has 1 heterocycles. The molecular weight excluding hydrogens is 248 g/mol. The van der Waals surface area contributed by atoms with Gasteiger partial charge in [-0.2, -0.15) is 0 Å². The summed E-state index contributed by atoms with van der Waals surface area (Å²) in [5.74, 6) is -1.03. The molecule has 1 aromatic heterocycles. The van der Waals surface area contributed by atoms with Gasteiger partial charge in [0, 0.05) is 6.54 Å². The first-order chi connectivity index (χ1) is 8.95. The number of carbonyl (C=O) groups is 2. The van der Waals surface area contributed by atoms with Crippen molar-refractivity contribution in [3.63, 3.8) is 0 Å². The first kappa shape index (κ1) is 14.9. The number of hydrogen-bond donors (Lipinski definition) is 3. The third-order valence-electron chi connectivity index (χ3n) is 2.47. The molecule has 0 saturated heterocycles. The second kappa shape index (κ2) is 6.67. The summed E-state index contributed by atoms with van der Waals surface area (Å²) in [5, 5.41) is 22.0. The average molecular weight is 266 g/mol. The molecule has 1 aromatic rings. The van der Waals surface area contributed by atoms with Crippen LogP contribution in [0.25, 0.3) is 0 Å².